The summed E-state index contributed by atoms with van der Waals surface area (Å²) in [6.07, 6.45) is 0. The second-order valence-electron chi connectivity index (χ2n) is 7.40. The van der Waals surface area contributed by atoms with E-state index in [0.717, 1.165) is 33.0 Å². The molecule has 1 aliphatic rings. The van der Waals surface area contributed by atoms with Crippen molar-refractivity contribution in [3.63, 3.8) is 0 Å². The smallest absolute Gasteiger partial charge is 0.129 e. The van der Waals surface area contributed by atoms with Gasteiger partial charge in [0.1, 0.15) is 10.1 Å². The van der Waals surface area contributed by atoms with Gasteiger partial charge in [-0.05, 0) is 46.5 Å². The molecule has 5 rings (SSSR count). The van der Waals surface area contributed by atoms with Crippen LogP contribution in [0.5, 0.6) is 0 Å². The standard InChI is InChI=1S/C28H22N2S2.2ClH.Ni/c1-3-7-21(8-4-1)23-11-15-25(16-12-23)29-27-28(32-20-19-31-27)30-26-17-13-24(14-18-26)22-9-5-2-6-10-22;;;/h1-18H,19-20H2;2*1H;/q;;;+2/p-2. The van der Waals surface area contributed by atoms with Gasteiger partial charge in [0, 0.05) is 11.5 Å². The van der Waals surface area contributed by atoms with Crippen LogP contribution >= 0.6 is 43.9 Å². The Hall–Kier alpha value is -2.01. The first-order valence-electron chi connectivity index (χ1n) is 10.8. The molecule has 0 saturated carbocycles. The molecule has 0 atom stereocenters. The summed E-state index contributed by atoms with van der Waals surface area (Å²) in [5.74, 6) is 2.11. The van der Waals surface area contributed by atoms with Gasteiger partial charge < -0.3 is 0 Å². The quantitative estimate of drug-likeness (QED) is 0.225. The molecule has 180 valence electrons. The van der Waals surface area contributed by atoms with Crippen molar-refractivity contribution in [2.45, 2.75) is 0 Å². The van der Waals surface area contributed by atoms with Crippen molar-refractivity contribution in [3.8, 4) is 22.3 Å². The van der Waals surface area contributed by atoms with Crippen molar-refractivity contribution < 1.29 is 12.7 Å². The van der Waals surface area contributed by atoms with Gasteiger partial charge in [-0.2, -0.15) is 0 Å². The fourth-order valence-corrected chi connectivity index (χ4v) is 5.60. The van der Waals surface area contributed by atoms with Gasteiger partial charge in [0.25, 0.3) is 0 Å². The first-order chi connectivity index (χ1) is 17.3. The van der Waals surface area contributed by atoms with E-state index in [0.29, 0.717) is 12.7 Å². The van der Waals surface area contributed by atoms with Gasteiger partial charge in [0.05, 0.1) is 11.4 Å². The molecule has 0 amide bonds. The summed E-state index contributed by atoms with van der Waals surface area (Å²) in [7, 11) is 9.40. The third-order valence-corrected chi connectivity index (χ3v) is 7.47. The Balaban J connectivity index is 0.000000917. The minimum absolute atomic E-state index is 0.569. The van der Waals surface area contributed by atoms with E-state index in [1.54, 1.807) is 23.5 Å². The SMILES string of the molecule is [Cl][Ni][Cl].c1ccc(-c2ccc(N=C3SCCSC3=Nc3ccc(-c4ccccc4)cc3)cc2)cc1. The Morgan fingerprint density at radius 1 is 0.486 bits per heavy atom. The van der Waals surface area contributed by atoms with Crippen molar-refractivity contribution in [1.82, 2.24) is 0 Å². The number of halogens is 2. The molecule has 1 fully saturated rings. The van der Waals surface area contributed by atoms with Gasteiger partial charge in [-0.3, -0.25) is 0 Å². The van der Waals surface area contributed by atoms with E-state index in [9.17, 15) is 0 Å². The minimum atomic E-state index is 0.569. The monoisotopic (exact) mass is 578 g/mol. The first kappa shape index (κ1) is 26.1. The number of aliphatic imine (C=N–C) groups is 2. The second-order valence-corrected chi connectivity index (χ2v) is 11.2. The maximum Gasteiger partial charge on any atom is 0.129 e. The number of thioether (sulfide) groups is 2. The summed E-state index contributed by atoms with van der Waals surface area (Å²) in [5, 5.41) is 2.00. The predicted octanol–water partition coefficient (Wildman–Crippen LogP) is 9.64. The molecule has 0 N–H and O–H groups in total. The average Bonchev–Trinajstić information content (AvgIpc) is 2.92. The van der Waals surface area contributed by atoms with E-state index in [1.165, 1.54) is 22.3 Å². The predicted molar refractivity (Wildman–Crippen MR) is 155 cm³/mol. The zero-order chi connectivity index (χ0) is 24.3. The Labute approximate surface area is 229 Å². The molecular formula is C28H22Cl2N2NiS2. The zero-order valence-corrected chi connectivity index (χ0v) is 22.7. The first-order valence-corrected chi connectivity index (χ1v) is 15.5. The molecule has 0 bridgehead atoms. The van der Waals surface area contributed by atoms with Crippen LogP contribution in [0.2, 0.25) is 0 Å². The van der Waals surface area contributed by atoms with Crippen LogP contribution in [0.15, 0.2) is 119 Å². The minimum Gasteiger partial charge on any atom is -0.239 e. The topological polar surface area (TPSA) is 24.7 Å². The van der Waals surface area contributed by atoms with E-state index >= 15 is 0 Å². The Bertz CT molecular complexity index is 1160. The Morgan fingerprint density at radius 3 is 1.14 bits per heavy atom. The van der Waals surface area contributed by atoms with Crippen LogP contribution < -0.4 is 0 Å². The summed E-state index contributed by atoms with van der Waals surface area (Å²) in [6, 6.07) is 37.7. The van der Waals surface area contributed by atoms with Crippen molar-refractivity contribution >= 4 is 65.4 Å². The van der Waals surface area contributed by atoms with Crippen LogP contribution in [-0.2, 0) is 12.7 Å². The molecule has 0 radical (unpaired) electrons. The molecule has 1 saturated heterocycles. The van der Waals surface area contributed by atoms with E-state index in [-0.39, 0.29) is 0 Å². The molecular weight excluding hydrogens is 558 g/mol. The van der Waals surface area contributed by atoms with Crippen LogP contribution in [-0.4, -0.2) is 21.6 Å². The van der Waals surface area contributed by atoms with Crippen LogP contribution in [0.1, 0.15) is 0 Å². The molecule has 4 aromatic rings. The van der Waals surface area contributed by atoms with Gasteiger partial charge in [0.15, 0.2) is 0 Å². The Kier molecular flexibility index (Phi) is 10.4. The summed E-state index contributed by atoms with van der Waals surface area (Å²) >= 11 is 4.14. The van der Waals surface area contributed by atoms with Gasteiger partial charge in [0.2, 0.25) is 0 Å². The molecule has 35 heavy (non-hydrogen) atoms. The molecule has 2 nitrogen and oxygen atoms in total. The molecule has 0 aromatic heterocycles. The Morgan fingerprint density at radius 2 is 0.800 bits per heavy atom. The summed E-state index contributed by atoms with van der Waals surface area (Å²) in [5.41, 5.74) is 6.76. The molecule has 1 aliphatic heterocycles. The maximum absolute atomic E-state index is 4.92. The van der Waals surface area contributed by atoms with Crippen molar-refractivity contribution in [2.24, 2.45) is 9.98 Å². The second kappa shape index (κ2) is 13.9. The van der Waals surface area contributed by atoms with E-state index in [1.807, 2.05) is 12.1 Å². The number of nitrogens with zero attached hydrogens (tertiary/aromatic N) is 2. The normalized spacial score (nSPS) is 15.6. The van der Waals surface area contributed by atoms with Crippen LogP contribution in [0.3, 0.4) is 0 Å². The average molecular weight is 580 g/mol. The van der Waals surface area contributed by atoms with E-state index < -0.39 is 0 Å². The molecule has 1 heterocycles. The molecule has 0 aliphatic carbocycles. The molecule has 7 heteroatoms. The summed E-state index contributed by atoms with van der Waals surface area (Å²) in [4.78, 5) is 9.85. The number of hydrogen-bond donors (Lipinski definition) is 0. The number of benzene rings is 4. The van der Waals surface area contributed by atoms with Gasteiger partial charge >= 0.3 is 33.0 Å². The van der Waals surface area contributed by atoms with Crippen LogP contribution in [0.25, 0.3) is 22.3 Å². The van der Waals surface area contributed by atoms with Gasteiger partial charge in [-0.1, -0.05) is 84.9 Å². The summed E-state index contributed by atoms with van der Waals surface area (Å²) in [6.45, 7) is 0. The largest absolute Gasteiger partial charge is 0.239 e. The van der Waals surface area contributed by atoms with Crippen LogP contribution in [0, 0.1) is 0 Å². The van der Waals surface area contributed by atoms with Gasteiger partial charge in [-0.15, -0.1) is 23.5 Å². The van der Waals surface area contributed by atoms with Crippen LogP contribution in [0.4, 0.5) is 11.4 Å². The molecule has 0 unspecified atom stereocenters. The third kappa shape index (κ3) is 7.74. The van der Waals surface area contributed by atoms with E-state index in [4.69, 9.17) is 30.4 Å². The van der Waals surface area contributed by atoms with Crippen molar-refractivity contribution in [3.05, 3.63) is 109 Å². The van der Waals surface area contributed by atoms with E-state index in [2.05, 4.69) is 97.1 Å². The number of rotatable bonds is 4. The third-order valence-electron chi connectivity index (χ3n) is 5.15. The van der Waals surface area contributed by atoms with Crippen molar-refractivity contribution in [2.75, 3.05) is 11.5 Å². The maximum atomic E-state index is 4.92. The fraction of sp³-hybridized carbons (Fsp3) is 0.0714. The summed E-state index contributed by atoms with van der Waals surface area (Å²) < 4.78 is 0. The van der Waals surface area contributed by atoms with Crippen molar-refractivity contribution in [1.29, 1.82) is 0 Å². The molecule has 0 spiro atoms. The van der Waals surface area contributed by atoms with Gasteiger partial charge in [-0.25, -0.2) is 9.98 Å². The molecule has 4 aromatic carbocycles. The number of hydrogen-bond acceptors (Lipinski definition) is 4. The fourth-order valence-electron chi connectivity index (χ4n) is 3.51. The zero-order valence-electron chi connectivity index (χ0n) is 18.6.